The van der Waals surface area contributed by atoms with E-state index in [1.807, 2.05) is 31.1 Å². The van der Waals surface area contributed by atoms with Crippen molar-refractivity contribution in [3.05, 3.63) is 64.0 Å². The minimum Gasteiger partial charge on any atom is -0.465 e. The number of ketones is 1. The summed E-state index contributed by atoms with van der Waals surface area (Å²) in [6.45, 7) is 4.50. The molecule has 0 aromatic carbocycles. The van der Waals surface area contributed by atoms with Crippen molar-refractivity contribution in [3.63, 3.8) is 0 Å². The first kappa shape index (κ1) is 29.5. The third kappa shape index (κ3) is 6.15. The van der Waals surface area contributed by atoms with E-state index in [-0.39, 0.29) is 22.9 Å². The summed E-state index contributed by atoms with van der Waals surface area (Å²) in [7, 11) is 5.16. The van der Waals surface area contributed by atoms with Crippen LogP contribution in [0.25, 0.3) is 11.0 Å². The van der Waals surface area contributed by atoms with E-state index in [0.717, 1.165) is 31.4 Å². The van der Waals surface area contributed by atoms with E-state index in [1.165, 1.54) is 26.4 Å². The molecule has 0 atom stereocenters. The highest BCUT2D eigenvalue weighted by molar-refractivity contribution is 5.99. The fourth-order valence-electron chi connectivity index (χ4n) is 5.38. The van der Waals surface area contributed by atoms with Gasteiger partial charge in [0.2, 0.25) is 11.9 Å². The van der Waals surface area contributed by atoms with Crippen LogP contribution in [0.2, 0.25) is 0 Å². The number of Topliss-reactive ketones (excluding diaryl/α,β-unsaturated/α-hetero) is 1. The summed E-state index contributed by atoms with van der Waals surface area (Å²) in [6.07, 6.45) is 10.1. The minimum atomic E-state index is -0.478. The predicted molar refractivity (Wildman–Crippen MR) is 163 cm³/mol. The maximum atomic E-state index is 13.4. The first-order valence-corrected chi connectivity index (χ1v) is 14.2. The zero-order valence-corrected chi connectivity index (χ0v) is 25.0. The van der Waals surface area contributed by atoms with Crippen LogP contribution < -0.4 is 20.7 Å². The van der Waals surface area contributed by atoms with Crippen LogP contribution in [0.3, 0.4) is 0 Å². The monoisotopic (exact) mass is 585 g/mol. The van der Waals surface area contributed by atoms with E-state index in [1.54, 1.807) is 23.9 Å². The largest absolute Gasteiger partial charge is 0.465 e. The van der Waals surface area contributed by atoms with Gasteiger partial charge in [-0.05, 0) is 44.4 Å². The Hall–Kier alpha value is -4.94. The Morgan fingerprint density at radius 1 is 1.00 bits per heavy atom. The molecule has 1 saturated carbocycles. The van der Waals surface area contributed by atoms with E-state index < -0.39 is 5.97 Å². The number of hydrogen-bond donors (Lipinski definition) is 1. The first-order chi connectivity index (χ1) is 20.7. The molecule has 4 heterocycles. The number of likely N-dealkylation sites (N-methyl/N-ethyl adjacent to an activating group) is 2. The lowest BCUT2D eigenvalue weighted by Gasteiger charge is -2.23. The molecule has 13 heteroatoms. The number of carbonyl (C=O) groups excluding carboxylic acids is 2. The standard InChI is InChI=1S/C30H35N9O4/c1-18-23-17-32-29(36-26(23)39(21-8-6-7-9-21)27(41)25(18)19(2)40)35-24-11-10-22(16-31-24)37(3)12-13-38(4)30-33-14-20(15-34-30)28(42)43-5/h10-11,14-17,21H,6-9,12-13H2,1-5H3,(H,31,32,35,36). The van der Waals surface area contributed by atoms with Gasteiger partial charge in [-0.3, -0.25) is 14.2 Å². The molecule has 4 aromatic rings. The number of aryl methyl sites for hydroxylation is 1. The fraction of sp³-hybridized carbons (Fsp3) is 0.400. The number of pyridine rings is 2. The highest BCUT2D eigenvalue weighted by Gasteiger charge is 2.26. The number of anilines is 4. The van der Waals surface area contributed by atoms with Gasteiger partial charge in [-0.1, -0.05) is 12.8 Å². The summed E-state index contributed by atoms with van der Waals surface area (Å²) < 4.78 is 6.38. The molecule has 1 fully saturated rings. The molecule has 1 aliphatic rings. The molecule has 4 aromatic heterocycles. The SMILES string of the molecule is COC(=O)c1cnc(N(C)CCN(C)c2ccc(Nc3ncc4c(C)c(C(C)=O)c(=O)n(C5CCCC5)c4n3)nc2)nc1. The quantitative estimate of drug-likeness (QED) is 0.214. The average molecular weight is 586 g/mol. The number of carbonyl (C=O) groups is 2. The first-order valence-electron chi connectivity index (χ1n) is 14.2. The number of aromatic nitrogens is 6. The highest BCUT2D eigenvalue weighted by atomic mass is 16.5. The second-order valence-corrected chi connectivity index (χ2v) is 10.7. The summed E-state index contributed by atoms with van der Waals surface area (Å²) in [6, 6.07) is 3.79. The number of fused-ring (bicyclic) bond motifs is 1. The Labute approximate surface area is 249 Å². The van der Waals surface area contributed by atoms with E-state index in [4.69, 9.17) is 4.98 Å². The van der Waals surface area contributed by atoms with Gasteiger partial charge in [0.1, 0.15) is 11.5 Å². The molecule has 0 aliphatic heterocycles. The summed E-state index contributed by atoms with van der Waals surface area (Å²) >= 11 is 0. The van der Waals surface area contributed by atoms with Crippen molar-refractivity contribution >= 4 is 46.2 Å². The second kappa shape index (κ2) is 12.5. The average Bonchev–Trinajstić information content (AvgIpc) is 3.54. The number of methoxy groups -OCH3 is 1. The molecule has 1 N–H and O–H groups in total. The van der Waals surface area contributed by atoms with Crippen LogP contribution in [0.4, 0.5) is 23.4 Å². The van der Waals surface area contributed by atoms with Gasteiger partial charge in [0.05, 0.1) is 30.1 Å². The van der Waals surface area contributed by atoms with Crippen LogP contribution >= 0.6 is 0 Å². The van der Waals surface area contributed by atoms with Crippen molar-refractivity contribution < 1.29 is 14.3 Å². The molecular formula is C30H35N9O4. The van der Waals surface area contributed by atoms with Gasteiger partial charge in [-0.25, -0.2) is 24.7 Å². The normalized spacial score (nSPS) is 13.2. The smallest absolute Gasteiger partial charge is 0.341 e. The molecule has 0 bridgehead atoms. The Balaban J connectivity index is 1.29. The molecule has 0 amide bonds. The predicted octanol–water partition coefficient (Wildman–Crippen LogP) is 3.71. The minimum absolute atomic E-state index is 0.00854. The Morgan fingerprint density at radius 3 is 2.33 bits per heavy atom. The molecule has 0 saturated heterocycles. The van der Waals surface area contributed by atoms with Gasteiger partial charge in [-0.15, -0.1) is 0 Å². The fourth-order valence-corrected chi connectivity index (χ4v) is 5.38. The van der Waals surface area contributed by atoms with E-state index >= 15 is 0 Å². The lowest BCUT2D eigenvalue weighted by Crippen LogP contribution is -2.31. The molecule has 0 radical (unpaired) electrons. The molecule has 224 valence electrons. The molecule has 1 aliphatic carbocycles. The van der Waals surface area contributed by atoms with Crippen molar-refractivity contribution in [1.82, 2.24) is 29.5 Å². The third-order valence-corrected chi connectivity index (χ3v) is 7.85. The van der Waals surface area contributed by atoms with E-state index in [0.29, 0.717) is 53.0 Å². The van der Waals surface area contributed by atoms with Crippen LogP contribution in [0.5, 0.6) is 0 Å². The van der Waals surface area contributed by atoms with Crippen molar-refractivity contribution in [2.75, 3.05) is 49.4 Å². The topological polar surface area (TPSA) is 148 Å². The molecule has 0 unspecified atom stereocenters. The maximum absolute atomic E-state index is 13.4. The summed E-state index contributed by atoms with van der Waals surface area (Å²) in [4.78, 5) is 63.6. The van der Waals surface area contributed by atoms with Crippen LogP contribution in [0.1, 0.15) is 64.9 Å². The number of nitrogens with zero attached hydrogens (tertiary/aromatic N) is 8. The van der Waals surface area contributed by atoms with Crippen molar-refractivity contribution in [2.24, 2.45) is 0 Å². The van der Waals surface area contributed by atoms with Crippen LogP contribution in [0.15, 0.2) is 41.7 Å². The highest BCUT2D eigenvalue weighted by Crippen LogP contribution is 2.32. The number of ether oxygens (including phenoxy) is 1. The summed E-state index contributed by atoms with van der Waals surface area (Å²) in [5.74, 6) is 0.651. The number of nitrogens with one attached hydrogen (secondary N) is 1. The molecular weight excluding hydrogens is 550 g/mol. The van der Waals surface area contributed by atoms with E-state index in [2.05, 4.69) is 34.9 Å². The van der Waals surface area contributed by atoms with Gasteiger partial charge < -0.3 is 19.9 Å². The van der Waals surface area contributed by atoms with Crippen molar-refractivity contribution in [2.45, 2.75) is 45.6 Å². The van der Waals surface area contributed by atoms with Gasteiger partial charge >= 0.3 is 5.97 Å². The summed E-state index contributed by atoms with van der Waals surface area (Å²) in [5.41, 5.74) is 2.26. The van der Waals surface area contributed by atoms with Gasteiger partial charge in [0.15, 0.2) is 5.78 Å². The zero-order valence-electron chi connectivity index (χ0n) is 25.0. The number of rotatable bonds is 10. The molecule has 43 heavy (non-hydrogen) atoms. The summed E-state index contributed by atoms with van der Waals surface area (Å²) in [5, 5.41) is 3.85. The third-order valence-electron chi connectivity index (χ3n) is 7.85. The molecule has 13 nitrogen and oxygen atoms in total. The van der Waals surface area contributed by atoms with Crippen LogP contribution in [0, 0.1) is 6.92 Å². The molecule has 5 rings (SSSR count). The second-order valence-electron chi connectivity index (χ2n) is 10.7. The van der Waals surface area contributed by atoms with Crippen molar-refractivity contribution in [3.8, 4) is 0 Å². The van der Waals surface area contributed by atoms with E-state index in [9.17, 15) is 14.4 Å². The lowest BCUT2D eigenvalue weighted by atomic mass is 10.0. The molecule has 0 spiro atoms. The van der Waals surface area contributed by atoms with Gasteiger partial charge in [0.25, 0.3) is 5.56 Å². The number of hydrogen-bond acceptors (Lipinski definition) is 12. The Bertz CT molecular complexity index is 1700. The van der Waals surface area contributed by atoms with Gasteiger partial charge in [-0.2, -0.15) is 4.98 Å². The Morgan fingerprint density at radius 2 is 1.70 bits per heavy atom. The van der Waals surface area contributed by atoms with Crippen LogP contribution in [-0.2, 0) is 4.74 Å². The zero-order chi connectivity index (χ0) is 30.7. The number of esters is 1. The van der Waals surface area contributed by atoms with Gasteiger partial charge in [0, 0.05) is 57.2 Å². The maximum Gasteiger partial charge on any atom is 0.341 e. The van der Waals surface area contributed by atoms with Crippen LogP contribution in [-0.4, -0.2) is 75.5 Å². The van der Waals surface area contributed by atoms with Crippen molar-refractivity contribution in [1.29, 1.82) is 0 Å². The lowest BCUT2D eigenvalue weighted by molar-refractivity contribution is 0.0599. The Kier molecular flexibility index (Phi) is 8.60.